The van der Waals surface area contributed by atoms with E-state index in [-0.39, 0.29) is 0 Å². The number of rotatable bonds is 3. The predicted octanol–water partition coefficient (Wildman–Crippen LogP) is 0.632. The fourth-order valence-corrected chi connectivity index (χ4v) is 2.12. The first kappa shape index (κ1) is 11.1. The molecule has 16 heavy (non-hydrogen) atoms. The number of nitrogens with zero attached hydrogens (tertiary/aromatic N) is 3. The van der Waals surface area contributed by atoms with Gasteiger partial charge in [0.05, 0.1) is 24.5 Å². The van der Waals surface area contributed by atoms with Gasteiger partial charge >= 0.3 is 0 Å². The number of aldehydes is 1. The van der Waals surface area contributed by atoms with Crippen LogP contribution in [0, 0.1) is 0 Å². The molecule has 1 fully saturated rings. The summed E-state index contributed by atoms with van der Waals surface area (Å²) >= 11 is 0. The molecule has 1 saturated heterocycles. The lowest BCUT2D eigenvalue weighted by molar-refractivity contribution is 0.111. The van der Waals surface area contributed by atoms with Gasteiger partial charge < -0.3 is 9.64 Å². The summed E-state index contributed by atoms with van der Waals surface area (Å²) in [6.07, 6.45) is 1.70. The van der Waals surface area contributed by atoms with Gasteiger partial charge in [0.15, 0.2) is 6.29 Å². The molecule has 0 aliphatic carbocycles. The third kappa shape index (κ3) is 1.82. The van der Waals surface area contributed by atoms with Crippen molar-refractivity contribution < 1.29 is 9.53 Å². The van der Waals surface area contributed by atoms with E-state index in [2.05, 4.69) is 10.00 Å². The summed E-state index contributed by atoms with van der Waals surface area (Å²) in [5.74, 6) is 0.926. The Kier molecular flexibility index (Phi) is 3.24. The molecule has 0 N–H and O–H groups in total. The van der Waals surface area contributed by atoms with Gasteiger partial charge in [0, 0.05) is 20.1 Å². The highest BCUT2D eigenvalue weighted by Crippen LogP contribution is 2.23. The maximum Gasteiger partial charge on any atom is 0.155 e. The monoisotopic (exact) mass is 223 g/mol. The number of aryl methyl sites for hydroxylation is 2. The van der Waals surface area contributed by atoms with Crippen molar-refractivity contribution in [1.29, 1.82) is 0 Å². The zero-order valence-corrected chi connectivity index (χ0v) is 9.77. The van der Waals surface area contributed by atoms with Gasteiger partial charge in [0.1, 0.15) is 5.82 Å². The van der Waals surface area contributed by atoms with Gasteiger partial charge in [-0.15, -0.1) is 0 Å². The number of carbonyl (C=O) groups is 1. The topological polar surface area (TPSA) is 47.4 Å². The van der Waals surface area contributed by atoms with Gasteiger partial charge in [0.25, 0.3) is 0 Å². The van der Waals surface area contributed by atoms with Crippen LogP contribution in [0.1, 0.15) is 23.0 Å². The lowest BCUT2D eigenvalue weighted by atomic mass is 10.2. The molecule has 0 atom stereocenters. The molecule has 0 aromatic carbocycles. The lowest BCUT2D eigenvalue weighted by Crippen LogP contribution is -2.37. The van der Waals surface area contributed by atoms with E-state index < -0.39 is 0 Å². The van der Waals surface area contributed by atoms with E-state index in [0.29, 0.717) is 13.2 Å². The molecule has 0 spiro atoms. The van der Waals surface area contributed by atoms with E-state index in [4.69, 9.17) is 4.74 Å². The third-order valence-corrected chi connectivity index (χ3v) is 2.89. The van der Waals surface area contributed by atoms with Crippen molar-refractivity contribution in [3.8, 4) is 0 Å². The van der Waals surface area contributed by atoms with Gasteiger partial charge in [-0.25, -0.2) is 0 Å². The summed E-state index contributed by atoms with van der Waals surface area (Å²) in [5, 5.41) is 4.38. The Bertz CT molecular complexity index is 381. The van der Waals surface area contributed by atoms with Crippen molar-refractivity contribution in [1.82, 2.24) is 9.78 Å². The third-order valence-electron chi connectivity index (χ3n) is 2.89. The fraction of sp³-hybridized carbons (Fsp3) is 0.636. The molecular formula is C11H17N3O2. The molecule has 0 saturated carbocycles. The number of ether oxygens (including phenoxy) is 1. The van der Waals surface area contributed by atoms with E-state index >= 15 is 0 Å². The second-order valence-corrected chi connectivity index (χ2v) is 3.88. The number of hydrogen-bond donors (Lipinski definition) is 0. The summed E-state index contributed by atoms with van der Waals surface area (Å²) in [4.78, 5) is 13.3. The molecule has 88 valence electrons. The van der Waals surface area contributed by atoms with Crippen molar-refractivity contribution in [2.24, 2.45) is 7.05 Å². The second kappa shape index (κ2) is 4.65. The maximum atomic E-state index is 11.2. The van der Waals surface area contributed by atoms with Crippen LogP contribution in [0.5, 0.6) is 0 Å². The smallest absolute Gasteiger partial charge is 0.155 e. The Morgan fingerprint density at radius 1 is 1.44 bits per heavy atom. The summed E-state index contributed by atoms with van der Waals surface area (Å²) in [7, 11) is 1.89. The second-order valence-electron chi connectivity index (χ2n) is 3.88. The van der Waals surface area contributed by atoms with Gasteiger partial charge in [-0.05, 0) is 6.42 Å². The number of morpholine rings is 1. The SMILES string of the molecule is CCc1nn(C)c(N2CCOCC2)c1C=O. The summed E-state index contributed by atoms with van der Waals surface area (Å²) in [6, 6.07) is 0. The molecule has 0 amide bonds. The molecule has 1 aromatic heterocycles. The van der Waals surface area contributed by atoms with E-state index in [1.54, 1.807) is 4.68 Å². The average Bonchev–Trinajstić information content (AvgIpc) is 2.66. The van der Waals surface area contributed by atoms with E-state index in [9.17, 15) is 4.79 Å². The Morgan fingerprint density at radius 2 is 2.12 bits per heavy atom. The van der Waals surface area contributed by atoms with Crippen molar-refractivity contribution in [2.75, 3.05) is 31.2 Å². The number of aromatic nitrogens is 2. The van der Waals surface area contributed by atoms with Gasteiger partial charge in [-0.3, -0.25) is 9.48 Å². The van der Waals surface area contributed by atoms with Crippen molar-refractivity contribution in [2.45, 2.75) is 13.3 Å². The molecule has 2 heterocycles. The largest absolute Gasteiger partial charge is 0.378 e. The summed E-state index contributed by atoms with van der Waals surface area (Å²) in [6.45, 7) is 5.08. The number of anilines is 1. The minimum Gasteiger partial charge on any atom is -0.378 e. The van der Waals surface area contributed by atoms with Crippen molar-refractivity contribution in [3.05, 3.63) is 11.3 Å². The molecule has 1 aromatic rings. The van der Waals surface area contributed by atoms with Crippen LogP contribution in [-0.2, 0) is 18.2 Å². The summed E-state index contributed by atoms with van der Waals surface area (Å²) < 4.78 is 7.11. The van der Waals surface area contributed by atoms with Crippen LogP contribution >= 0.6 is 0 Å². The maximum absolute atomic E-state index is 11.2. The Hall–Kier alpha value is -1.36. The first-order chi connectivity index (χ1) is 7.77. The lowest BCUT2D eigenvalue weighted by Gasteiger charge is -2.28. The van der Waals surface area contributed by atoms with Gasteiger partial charge in [0.2, 0.25) is 0 Å². The predicted molar refractivity (Wildman–Crippen MR) is 61.0 cm³/mol. The first-order valence-electron chi connectivity index (χ1n) is 5.61. The molecule has 1 aliphatic heterocycles. The van der Waals surface area contributed by atoms with Crippen LogP contribution in [0.4, 0.5) is 5.82 Å². The molecule has 5 heteroatoms. The van der Waals surface area contributed by atoms with E-state index in [0.717, 1.165) is 42.9 Å². The van der Waals surface area contributed by atoms with Crippen LogP contribution in [0.3, 0.4) is 0 Å². The Balaban J connectivity index is 2.37. The highest BCUT2D eigenvalue weighted by atomic mass is 16.5. The van der Waals surface area contributed by atoms with E-state index in [1.807, 2.05) is 14.0 Å². The standard InChI is InChI=1S/C11H17N3O2/c1-3-10-9(8-15)11(13(2)12-10)14-4-6-16-7-5-14/h8H,3-7H2,1-2H3. The van der Waals surface area contributed by atoms with Crippen LogP contribution in [0.2, 0.25) is 0 Å². The van der Waals surface area contributed by atoms with Crippen LogP contribution in [0.15, 0.2) is 0 Å². The van der Waals surface area contributed by atoms with E-state index in [1.165, 1.54) is 0 Å². The molecule has 1 aliphatic rings. The van der Waals surface area contributed by atoms with Crippen LogP contribution < -0.4 is 4.90 Å². The fourth-order valence-electron chi connectivity index (χ4n) is 2.12. The minimum absolute atomic E-state index is 0.713. The zero-order valence-electron chi connectivity index (χ0n) is 9.77. The van der Waals surface area contributed by atoms with Crippen molar-refractivity contribution >= 4 is 12.1 Å². The van der Waals surface area contributed by atoms with Crippen LogP contribution in [0.25, 0.3) is 0 Å². The van der Waals surface area contributed by atoms with Crippen LogP contribution in [-0.4, -0.2) is 42.4 Å². The minimum atomic E-state index is 0.713. The highest BCUT2D eigenvalue weighted by molar-refractivity contribution is 5.85. The Morgan fingerprint density at radius 3 is 2.69 bits per heavy atom. The highest BCUT2D eigenvalue weighted by Gasteiger charge is 2.21. The quantitative estimate of drug-likeness (QED) is 0.705. The van der Waals surface area contributed by atoms with Crippen molar-refractivity contribution in [3.63, 3.8) is 0 Å². The molecule has 0 bridgehead atoms. The molecular weight excluding hydrogens is 206 g/mol. The zero-order chi connectivity index (χ0) is 11.5. The molecule has 5 nitrogen and oxygen atoms in total. The first-order valence-corrected chi connectivity index (χ1v) is 5.61. The summed E-state index contributed by atoms with van der Waals surface area (Å²) in [5.41, 5.74) is 1.60. The Labute approximate surface area is 95.0 Å². The molecule has 2 rings (SSSR count). The molecule has 0 unspecified atom stereocenters. The molecule has 0 radical (unpaired) electrons. The van der Waals surface area contributed by atoms with Gasteiger partial charge in [-0.2, -0.15) is 5.10 Å². The normalized spacial score (nSPS) is 16.5. The van der Waals surface area contributed by atoms with Gasteiger partial charge in [-0.1, -0.05) is 6.92 Å². The average molecular weight is 223 g/mol. The number of carbonyl (C=O) groups excluding carboxylic acids is 1. The number of hydrogen-bond acceptors (Lipinski definition) is 4.